The van der Waals surface area contributed by atoms with E-state index in [9.17, 15) is 22.8 Å². The van der Waals surface area contributed by atoms with Crippen LogP contribution in [0.1, 0.15) is 16.1 Å². The zero-order chi connectivity index (χ0) is 15.6. The summed E-state index contributed by atoms with van der Waals surface area (Å²) in [6.45, 7) is 0.209. The Hall–Kier alpha value is -2.51. The summed E-state index contributed by atoms with van der Waals surface area (Å²) >= 11 is 0. The molecule has 1 N–H and O–H groups in total. The van der Waals surface area contributed by atoms with Crippen molar-refractivity contribution in [2.45, 2.75) is 19.6 Å². The van der Waals surface area contributed by atoms with Crippen molar-refractivity contribution in [2.24, 2.45) is 0 Å². The molecule has 0 spiro atoms. The van der Waals surface area contributed by atoms with Crippen LogP contribution in [0.5, 0.6) is 0 Å². The normalized spacial score (nSPS) is 11.4. The first kappa shape index (κ1) is 14.9. The molecule has 0 unspecified atom stereocenters. The second kappa shape index (κ2) is 5.47. The Morgan fingerprint density at radius 3 is 2.67 bits per heavy atom. The van der Waals surface area contributed by atoms with Crippen molar-refractivity contribution < 1.29 is 22.4 Å². The highest BCUT2D eigenvalue weighted by atomic mass is 19.4. The van der Waals surface area contributed by atoms with E-state index in [4.69, 9.17) is 4.42 Å². The molecule has 0 aliphatic heterocycles. The van der Waals surface area contributed by atoms with Crippen LogP contribution in [-0.4, -0.2) is 16.7 Å². The molecule has 0 aromatic carbocycles. The van der Waals surface area contributed by atoms with Crippen molar-refractivity contribution in [2.75, 3.05) is 5.32 Å². The maximum atomic E-state index is 12.3. The third-order valence-electron chi connectivity index (χ3n) is 2.69. The molecule has 112 valence electrons. The van der Waals surface area contributed by atoms with Crippen molar-refractivity contribution in [1.29, 1.82) is 0 Å². The lowest BCUT2D eigenvalue weighted by Gasteiger charge is -2.11. The Kier molecular flexibility index (Phi) is 3.88. The molecule has 21 heavy (non-hydrogen) atoms. The molecule has 2 heterocycles. The number of nitrogens with one attached hydrogen (secondary N) is 1. The predicted molar refractivity (Wildman–Crippen MR) is 68.2 cm³/mol. The molecule has 0 atom stereocenters. The van der Waals surface area contributed by atoms with Gasteiger partial charge in [0.2, 0.25) is 0 Å². The van der Waals surface area contributed by atoms with E-state index in [1.807, 2.05) is 0 Å². The maximum absolute atomic E-state index is 12.3. The number of hydrogen-bond acceptors (Lipinski definition) is 3. The van der Waals surface area contributed by atoms with Crippen LogP contribution in [0, 0.1) is 6.92 Å². The predicted octanol–water partition coefficient (Wildman–Crippen LogP) is 2.56. The smallest absolute Gasteiger partial charge is 0.406 e. The number of aromatic nitrogens is 1. The summed E-state index contributed by atoms with van der Waals surface area (Å²) in [6, 6.07) is 4.03. The van der Waals surface area contributed by atoms with Crippen LogP contribution in [0.3, 0.4) is 0 Å². The van der Waals surface area contributed by atoms with Gasteiger partial charge in [-0.3, -0.25) is 9.59 Å². The van der Waals surface area contributed by atoms with E-state index in [-0.39, 0.29) is 11.4 Å². The van der Waals surface area contributed by atoms with E-state index >= 15 is 0 Å². The average molecular weight is 300 g/mol. The molecule has 2 rings (SSSR count). The first-order valence-electron chi connectivity index (χ1n) is 5.89. The molecular formula is C13H11F3N2O3. The van der Waals surface area contributed by atoms with Gasteiger partial charge in [0, 0.05) is 11.8 Å². The topological polar surface area (TPSA) is 64.2 Å². The molecule has 0 saturated carbocycles. The van der Waals surface area contributed by atoms with E-state index in [1.165, 1.54) is 18.4 Å². The summed E-state index contributed by atoms with van der Waals surface area (Å²) in [5.41, 5.74) is -0.631. The van der Waals surface area contributed by atoms with Gasteiger partial charge in [0.15, 0.2) is 5.76 Å². The Labute approximate surface area is 117 Å². The molecule has 0 aliphatic rings. The summed E-state index contributed by atoms with van der Waals surface area (Å²) in [7, 11) is 0. The summed E-state index contributed by atoms with van der Waals surface area (Å²) in [6.07, 6.45) is -2.22. The van der Waals surface area contributed by atoms with Crippen LogP contribution in [0.15, 0.2) is 39.9 Å². The van der Waals surface area contributed by atoms with E-state index in [0.29, 0.717) is 10.1 Å². The molecule has 5 nitrogen and oxygen atoms in total. The van der Waals surface area contributed by atoms with Gasteiger partial charge in [-0.2, -0.15) is 13.2 Å². The number of furan rings is 1. The number of hydrogen-bond donors (Lipinski definition) is 1. The highest BCUT2D eigenvalue weighted by Gasteiger charge is 2.28. The van der Waals surface area contributed by atoms with E-state index in [2.05, 4.69) is 5.32 Å². The summed E-state index contributed by atoms with van der Waals surface area (Å²) < 4.78 is 42.4. The minimum absolute atomic E-state index is 0.000578. The number of pyridine rings is 1. The quantitative estimate of drug-likeness (QED) is 0.947. The van der Waals surface area contributed by atoms with Crippen LogP contribution < -0.4 is 10.9 Å². The fraction of sp³-hybridized carbons (Fsp3) is 0.231. The largest absolute Gasteiger partial charge is 0.459 e. The number of anilines is 1. The molecule has 2 aromatic heterocycles. The molecule has 8 heteroatoms. The van der Waals surface area contributed by atoms with Crippen molar-refractivity contribution in [1.82, 2.24) is 4.57 Å². The monoisotopic (exact) mass is 300 g/mol. The molecule has 0 aliphatic carbocycles. The second-order valence-corrected chi connectivity index (χ2v) is 4.36. The van der Waals surface area contributed by atoms with Crippen molar-refractivity contribution in [3.8, 4) is 0 Å². The Bertz CT molecular complexity index is 716. The number of amides is 1. The van der Waals surface area contributed by atoms with E-state index in [1.54, 1.807) is 13.0 Å². The van der Waals surface area contributed by atoms with Gasteiger partial charge in [-0.25, -0.2) is 0 Å². The van der Waals surface area contributed by atoms with Crippen molar-refractivity contribution in [3.63, 3.8) is 0 Å². The van der Waals surface area contributed by atoms with Gasteiger partial charge >= 0.3 is 6.18 Å². The van der Waals surface area contributed by atoms with Crippen molar-refractivity contribution >= 4 is 11.6 Å². The highest BCUT2D eigenvalue weighted by molar-refractivity contribution is 6.03. The third kappa shape index (κ3) is 3.53. The minimum atomic E-state index is -4.52. The van der Waals surface area contributed by atoms with Gasteiger partial charge in [0.1, 0.15) is 12.2 Å². The first-order chi connectivity index (χ1) is 9.78. The SMILES string of the molecule is Cc1ccoc1C(=O)Nc1cccn(CC(F)(F)F)c1=O. The summed E-state index contributed by atoms with van der Waals surface area (Å²) in [5, 5.41) is 2.25. The minimum Gasteiger partial charge on any atom is -0.459 e. The van der Waals surface area contributed by atoms with Crippen LogP contribution in [0.4, 0.5) is 18.9 Å². The molecule has 2 aromatic rings. The van der Waals surface area contributed by atoms with Gasteiger partial charge in [-0.15, -0.1) is 0 Å². The molecule has 0 bridgehead atoms. The van der Waals surface area contributed by atoms with Gasteiger partial charge in [-0.05, 0) is 25.1 Å². The number of aryl methyl sites for hydroxylation is 1. The van der Waals surface area contributed by atoms with Crippen molar-refractivity contribution in [3.05, 3.63) is 52.3 Å². The fourth-order valence-electron chi connectivity index (χ4n) is 1.73. The van der Waals surface area contributed by atoms with Crippen LogP contribution in [0.25, 0.3) is 0 Å². The Morgan fingerprint density at radius 1 is 1.38 bits per heavy atom. The van der Waals surface area contributed by atoms with Gasteiger partial charge < -0.3 is 14.3 Å². The zero-order valence-corrected chi connectivity index (χ0v) is 10.9. The average Bonchev–Trinajstić information content (AvgIpc) is 2.79. The number of rotatable bonds is 3. The summed E-state index contributed by atoms with van der Waals surface area (Å²) in [5.74, 6) is -0.694. The maximum Gasteiger partial charge on any atom is 0.406 e. The lowest BCUT2D eigenvalue weighted by atomic mass is 10.2. The van der Waals surface area contributed by atoms with E-state index in [0.717, 1.165) is 6.20 Å². The molecular weight excluding hydrogens is 289 g/mol. The Morgan fingerprint density at radius 2 is 2.10 bits per heavy atom. The lowest BCUT2D eigenvalue weighted by Crippen LogP contribution is -2.30. The molecule has 1 amide bonds. The van der Waals surface area contributed by atoms with Crippen LogP contribution in [0.2, 0.25) is 0 Å². The summed E-state index contributed by atoms with van der Waals surface area (Å²) in [4.78, 5) is 23.7. The van der Waals surface area contributed by atoms with Gasteiger partial charge in [0.05, 0.1) is 6.26 Å². The first-order valence-corrected chi connectivity index (χ1v) is 5.89. The number of nitrogens with zero attached hydrogens (tertiary/aromatic N) is 1. The molecule has 0 fully saturated rings. The zero-order valence-electron chi connectivity index (χ0n) is 10.9. The number of carbonyl (C=O) groups excluding carboxylic acids is 1. The standard InChI is InChI=1S/C13H11F3N2O3/c1-8-4-6-21-10(8)11(19)17-9-3-2-5-18(12(9)20)7-13(14,15)16/h2-6H,7H2,1H3,(H,17,19). The molecule has 0 radical (unpaired) electrons. The van der Waals surface area contributed by atoms with E-state index < -0.39 is 24.2 Å². The lowest BCUT2D eigenvalue weighted by molar-refractivity contribution is -0.141. The fourth-order valence-corrected chi connectivity index (χ4v) is 1.73. The Balaban J connectivity index is 2.26. The van der Waals surface area contributed by atoms with Gasteiger partial charge in [0.25, 0.3) is 11.5 Å². The van der Waals surface area contributed by atoms with Gasteiger partial charge in [-0.1, -0.05) is 0 Å². The third-order valence-corrected chi connectivity index (χ3v) is 2.69. The molecule has 0 saturated heterocycles. The second-order valence-electron chi connectivity index (χ2n) is 4.36. The van der Waals surface area contributed by atoms with Crippen LogP contribution >= 0.6 is 0 Å². The number of alkyl halides is 3. The number of carbonyl (C=O) groups is 1. The number of halogens is 3. The highest BCUT2D eigenvalue weighted by Crippen LogP contribution is 2.17. The van der Waals surface area contributed by atoms with Crippen LogP contribution in [-0.2, 0) is 6.54 Å².